The maximum Gasteiger partial charge on any atom is 0.344 e. The third-order valence-electron chi connectivity index (χ3n) is 6.35. The van der Waals surface area contributed by atoms with Crippen molar-refractivity contribution in [3.05, 3.63) is 117 Å². The molecule has 0 aliphatic carbocycles. The molecular weight excluding hydrogens is 502 g/mol. The minimum Gasteiger partial charge on any atom is -0.437 e. The zero-order valence-electron chi connectivity index (χ0n) is 18.7. The highest BCUT2D eigenvalue weighted by molar-refractivity contribution is 6.31. The Morgan fingerprint density at radius 2 is 1.73 bits per heavy atom. The van der Waals surface area contributed by atoms with Crippen LogP contribution in [0.15, 0.2) is 82.3 Å². The first-order valence-electron chi connectivity index (χ1n) is 11.2. The van der Waals surface area contributed by atoms with Crippen LogP contribution in [0.3, 0.4) is 0 Å². The molecule has 4 heterocycles. The molecule has 0 bridgehead atoms. The van der Waals surface area contributed by atoms with Crippen LogP contribution < -0.4 is 10.4 Å². The molecule has 0 amide bonds. The lowest BCUT2D eigenvalue weighted by molar-refractivity contribution is 0.420. The summed E-state index contributed by atoms with van der Waals surface area (Å²) in [6.45, 7) is 0. The van der Waals surface area contributed by atoms with Crippen LogP contribution in [0.5, 0.6) is 11.6 Å². The normalized spacial score (nSPS) is 14.4. The molecule has 3 aromatic heterocycles. The smallest absolute Gasteiger partial charge is 0.344 e. The van der Waals surface area contributed by atoms with E-state index in [-0.39, 0.29) is 39.3 Å². The van der Waals surface area contributed by atoms with Crippen LogP contribution in [-0.2, 0) is 0 Å². The van der Waals surface area contributed by atoms with E-state index in [4.69, 9.17) is 20.8 Å². The van der Waals surface area contributed by atoms with Crippen molar-refractivity contribution in [3.63, 3.8) is 0 Å². The molecule has 180 valence electrons. The van der Waals surface area contributed by atoms with E-state index in [0.717, 1.165) is 0 Å². The number of para-hydroxylation sites is 1. The van der Waals surface area contributed by atoms with Gasteiger partial charge in [-0.1, -0.05) is 29.8 Å². The highest BCUT2D eigenvalue weighted by Crippen LogP contribution is 2.50. The molecule has 1 aliphatic rings. The Labute approximate surface area is 211 Å². The second-order valence-corrected chi connectivity index (χ2v) is 8.88. The molecule has 7 nitrogen and oxygen atoms in total. The van der Waals surface area contributed by atoms with Gasteiger partial charge in [-0.2, -0.15) is 0 Å². The van der Waals surface area contributed by atoms with Crippen LogP contribution in [-0.4, -0.2) is 19.6 Å². The number of aromatic nitrogens is 4. The SMILES string of the molecule is O=c1oc2ccccc2c2c1C(c1c(F)cccc1Cl)c1c(ncn3nc(-c4ccc(F)cc4)nc13)O2. The van der Waals surface area contributed by atoms with Crippen molar-refractivity contribution >= 4 is 28.2 Å². The summed E-state index contributed by atoms with van der Waals surface area (Å²) in [4.78, 5) is 22.4. The fraction of sp³-hybridized carbons (Fsp3) is 0.0370. The highest BCUT2D eigenvalue weighted by Gasteiger charge is 2.39. The number of ether oxygens (including phenoxy) is 1. The number of hydrogen-bond donors (Lipinski definition) is 0. The maximum absolute atomic E-state index is 15.4. The maximum atomic E-state index is 15.4. The predicted octanol–water partition coefficient (Wildman–Crippen LogP) is 6.12. The Bertz CT molecular complexity index is 1920. The van der Waals surface area contributed by atoms with Crippen molar-refractivity contribution in [1.82, 2.24) is 19.6 Å². The standard InChI is InChI=1S/C27H13ClF2N4O3/c28-16-5-3-6-17(30)19(16)20-21-23(15-4-1-2-7-18(15)36-27(21)35)37-26-22(20)25-32-24(33-34(25)12-31-26)13-8-10-14(29)11-9-13/h1-12,20H. The van der Waals surface area contributed by atoms with Crippen molar-refractivity contribution in [2.45, 2.75) is 5.92 Å². The molecule has 7 rings (SSSR count). The summed E-state index contributed by atoms with van der Waals surface area (Å²) in [6.07, 6.45) is 1.41. The molecule has 0 fully saturated rings. The summed E-state index contributed by atoms with van der Waals surface area (Å²) >= 11 is 6.52. The van der Waals surface area contributed by atoms with Crippen LogP contribution in [0.25, 0.3) is 28.0 Å². The molecule has 0 saturated carbocycles. The van der Waals surface area contributed by atoms with Crippen LogP contribution in [0.1, 0.15) is 22.6 Å². The third-order valence-corrected chi connectivity index (χ3v) is 6.68. The van der Waals surface area contributed by atoms with E-state index in [1.807, 2.05) is 0 Å². The minimum atomic E-state index is -1.06. The van der Waals surface area contributed by atoms with E-state index in [2.05, 4.69) is 15.1 Å². The van der Waals surface area contributed by atoms with Gasteiger partial charge in [0.1, 0.15) is 23.5 Å². The van der Waals surface area contributed by atoms with Gasteiger partial charge in [-0.25, -0.2) is 28.1 Å². The number of fused-ring (bicyclic) bond motifs is 6. The lowest BCUT2D eigenvalue weighted by Crippen LogP contribution is -2.23. The van der Waals surface area contributed by atoms with E-state index in [9.17, 15) is 9.18 Å². The zero-order valence-corrected chi connectivity index (χ0v) is 19.4. The summed E-state index contributed by atoms with van der Waals surface area (Å²) in [5.74, 6) is -1.47. The molecule has 0 saturated heterocycles. The molecule has 37 heavy (non-hydrogen) atoms. The van der Waals surface area contributed by atoms with E-state index in [1.165, 1.54) is 35.1 Å². The lowest BCUT2D eigenvalue weighted by Gasteiger charge is -2.28. The van der Waals surface area contributed by atoms with Crippen LogP contribution in [0.2, 0.25) is 5.02 Å². The van der Waals surface area contributed by atoms with E-state index >= 15 is 4.39 Å². The Kier molecular flexibility index (Phi) is 4.64. The molecule has 0 radical (unpaired) electrons. The molecule has 10 heteroatoms. The number of halogens is 3. The van der Waals surface area contributed by atoms with E-state index in [1.54, 1.807) is 42.5 Å². The average molecular weight is 515 g/mol. The number of rotatable bonds is 2. The molecule has 3 aromatic carbocycles. The van der Waals surface area contributed by atoms with E-state index in [0.29, 0.717) is 22.1 Å². The summed E-state index contributed by atoms with van der Waals surface area (Å²) in [7, 11) is 0. The van der Waals surface area contributed by atoms with Gasteiger partial charge in [-0.3, -0.25) is 0 Å². The van der Waals surface area contributed by atoms with Gasteiger partial charge >= 0.3 is 5.63 Å². The van der Waals surface area contributed by atoms with Gasteiger partial charge in [0.2, 0.25) is 5.88 Å². The van der Waals surface area contributed by atoms with Gasteiger partial charge in [-0.05, 0) is 48.5 Å². The molecule has 1 atom stereocenters. The van der Waals surface area contributed by atoms with Crippen LogP contribution in [0.4, 0.5) is 8.78 Å². The van der Waals surface area contributed by atoms with Gasteiger partial charge in [0.05, 0.1) is 22.4 Å². The van der Waals surface area contributed by atoms with Crippen molar-refractivity contribution in [2.75, 3.05) is 0 Å². The minimum absolute atomic E-state index is 0.0544. The molecular formula is C27H13ClF2N4O3. The fourth-order valence-corrected chi connectivity index (χ4v) is 5.00. The molecule has 6 aromatic rings. The van der Waals surface area contributed by atoms with Crippen molar-refractivity contribution in [2.24, 2.45) is 0 Å². The van der Waals surface area contributed by atoms with Gasteiger partial charge in [0.25, 0.3) is 0 Å². The largest absolute Gasteiger partial charge is 0.437 e. The Balaban J connectivity index is 1.57. The zero-order chi connectivity index (χ0) is 25.3. The topological polar surface area (TPSA) is 82.5 Å². The van der Waals surface area contributed by atoms with Gasteiger partial charge in [0, 0.05) is 16.1 Å². The average Bonchev–Trinajstić information content (AvgIpc) is 3.33. The van der Waals surface area contributed by atoms with Crippen LogP contribution >= 0.6 is 11.6 Å². The Morgan fingerprint density at radius 1 is 0.919 bits per heavy atom. The summed E-state index contributed by atoms with van der Waals surface area (Å²) in [5, 5.41) is 5.09. The first-order valence-corrected chi connectivity index (χ1v) is 11.6. The lowest BCUT2D eigenvalue weighted by atomic mass is 9.83. The highest BCUT2D eigenvalue weighted by atomic mass is 35.5. The fourth-order valence-electron chi connectivity index (χ4n) is 4.73. The predicted molar refractivity (Wildman–Crippen MR) is 131 cm³/mol. The summed E-state index contributed by atoms with van der Waals surface area (Å²) in [6, 6.07) is 16.9. The monoisotopic (exact) mass is 514 g/mol. The Hall–Kier alpha value is -4.63. The van der Waals surface area contributed by atoms with Crippen molar-refractivity contribution in [3.8, 4) is 23.0 Å². The van der Waals surface area contributed by atoms with Crippen LogP contribution in [0, 0.1) is 11.6 Å². The Morgan fingerprint density at radius 3 is 2.54 bits per heavy atom. The van der Waals surface area contributed by atoms with E-state index < -0.39 is 23.2 Å². The first-order chi connectivity index (χ1) is 18.0. The second kappa shape index (κ2) is 7.94. The number of nitrogens with zero attached hydrogens (tertiary/aromatic N) is 4. The van der Waals surface area contributed by atoms with Crippen molar-refractivity contribution < 1.29 is 17.9 Å². The summed E-state index contributed by atoms with van der Waals surface area (Å²) in [5.41, 5.74) is 0.858. The second-order valence-electron chi connectivity index (χ2n) is 8.47. The van der Waals surface area contributed by atoms with Gasteiger partial charge < -0.3 is 9.15 Å². The molecule has 0 N–H and O–H groups in total. The third kappa shape index (κ3) is 3.24. The quantitative estimate of drug-likeness (QED) is 0.259. The molecule has 0 spiro atoms. The molecule has 1 aliphatic heterocycles. The number of benzene rings is 3. The molecule has 1 unspecified atom stereocenters. The van der Waals surface area contributed by atoms with Gasteiger partial charge in [-0.15, -0.1) is 5.10 Å². The summed E-state index contributed by atoms with van der Waals surface area (Å²) < 4.78 is 42.1. The number of hydrogen-bond acceptors (Lipinski definition) is 6. The van der Waals surface area contributed by atoms with Crippen molar-refractivity contribution in [1.29, 1.82) is 0 Å². The van der Waals surface area contributed by atoms with Gasteiger partial charge in [0.15, 0.2) is 17.2 Å². The first kappa shape index (κ1) is 21.6.